The molecule has 1 heterocycles. The molecule has 0 saturated heterocycles. The minimum atomic E-state index is -3.63. The molecule has 0 radical (unpaired) electrons. The summed E-state index contributed by atoms with van der Waals surface area (Å²) in [5, 5.41) is 1.13. The van der Waals surface area contributed by atoms with Gasteiger partial charge in [-0.3, -0.25) is 9.69 Å². The quantitative estimate of drug-likeness (QED) is 0.213. The van der Waals surface area contributed by atoms with Crippen molar-refractivity contribution >= 4 is 54.2 Å². The number of rotatable bonds is 10. The summed E-state index contributed by atoms with van der Waals surface area (Å²) < 4.78 is 28.7. The molecule has 0 aliphatic heterocycles. The Morgan fingerprint density at radius 3 is 2.19 bits per heavy atom. The third-order valence-corrected chi connectivity index (χ3v) is 9.48. The number of aromatic nitrogens is 1. The van der Waals surface area contributed by atoms with Gasteiger partial charge < -0.3 is 0 Å². The number of aryl methyl sites for hydroxylation is 1. The molecule has 9 heteroatoms. The summed E-state index contributed by atoms with van der Waals surface area (Å²) in [6.45, 7) is 7.11. The van der Waals surface area contributed by atoms with Crippen molar-refractivity contribution in [3.8, 4) is 0 Å². The summed E-state index contributed by atoms with van der Waals surface area (Å²) in [6.07, 6.45) is 1.46. The van der Waals surface area contributed by atoms with Crippen molar-refractivity contribution in [1.82, 2.24) is 9.29 Å². The average molecular weight is 556 g/mol. The van der Waals surface area contributed by atoms with Crippen molar-refractivity contribution in [3.63, 3.8) is 0 Å². The standard InChI is InChI=1S/C28H30ClN3O3S2/c1-4-17-31(18-5-2)37(34,35)23-14-12-22(13-15-23)27(33)32(19-21-9-7-6-8-10-21)28-30-25-20(3)11-16-24(29)26(25)36-28/h6-16H,4-5,17-19H2,1-3H3. The number of fused-ring (bicyclic) bond motifs is 1. The fourth-order valence-corrected chi connectivity index (χ4v) is 7.06. The van der Waals surface area contributed by atoms with E-state index in [0.29, 0.717) is 35.4 Å². The second-order valence-electron chi connectivity index (χ2n) is 8.84. The Kier molecular flexibility index (Phi) is 8.64. The van der Waals surface area contributed by atoms with Crippen LogP contribution in [0.15, 0.2) is 71.6 Å². The summed E-state index contributed by atoms with van der Waals surface area (Å²) in [5.74, 6) is -0.264. The van der Waals surface area contributed by atoms with E-state index >= 15 is 0 Å². The average Bonchev–Trinajstić information content (AvgIpc) is 3.36. The van der Waals surface area contributed by atoms with Crippen molar-refractivity contribution in [3.05, 3.63) is 88.4 Å². The maximum absolute atomic E-state index is 13.8. The minimum Gasteiger partial charge on any atom is -0.279 e. The number of nitrogens with zero attached hydrogens (tertiary/aromatic N) is 3. The first-order valence-corrected chi connectivity index (χ1v) is 14.9. The molecule has 0 fully saturated rings. The van der Waals surface area contributed by atoms with Crippen molar-refractivity contribution in [2.24, 2.45) is 0 Å². The number of halogens is 1. The Hall–Kier alpha value is -2.78. The molecule has 0 N–H and O–H groups in total. The van der Waals surface area contributed by atoms with Gasteiger partial charge in [-0.1, -0.05) is 73.2 Å². The van der Waals surface area contributed by atoms with Gasteiger partial charge >= 0.3 is 0 Å². The maximum Gasteiger partial charge on any atom is 0.260 e. The summed E-state index contributed by atoms with van der Waals surface area (Å²) in [5.41, 5.74) is 3.08. The van der Waals surface area contributed by atoms with Gasteiger partial charge in [-0.2, -0.15) is 4.31 Å². The van der Waals surface area contributed by atoms with E-state index in [0.717, 1.165) is 34.2 Å². The fourth-order valence-electron chi connectivity index (χ4n) is 4.12. The molecule has 0 saturated carbocycles. The lowest BCUT2D eigenvalue weighted by Crippen LogP contribution is -2.33. The molecule has 0 aliphatic rings. The third-order valence-electron chi connectivity index (χ3n) is 6.03. The molecule has 4 rings (SSSR count). The number of carbonyl (C=O) groups is 1. The van der Waals surface area contributed by atoms with Crippen LogP contribution >= 0.6 is 22.9 Å². The highest BCUT2D eigenvalue weighted by Gasteiger charge is 2.26. The van der Waals surface area contributed by atoms with Gasteiger partial charge in [0.1, 0.15) is 0 Å². The van der Waals surface area contributed by atoms with Crippen LogP contribution in [0.3, 0.4) is 0 Å². The predicted molar refractivity (Wildman–Crippen MR) is 152 cm³/mol. The Balaban J connectivity index is 1.71. The number of anilines is 1. The number of carbonyl (C=O) groups excluding carboxylic acids is 1. The summed E-state index contributed by atoms with van der Waals surface area (Å²) in [6, 6.07) is 19.6. The summed E-state index contributed by atoms with van der Waals surface area (Å²) in [7, 11) is -3.63. The first kappa shape index (κ1) is 27.3. The Morgan fingerprint density at radius 2 is 1.59 bits per heavy atom. The van der Waals surface area contributed by atoms with Crippen LogP contribution < -0.4 is 4.90 Å². The van der Waals surface area contributed by atoms with Gasteiger partial charge in [0.05, 0.1) is 26.7 Å². The van der Waals surface area contributed by atoms with E-state index in [2.05, 4.69) is 0 Å². The second kappa shape index (κ2) is 11.7. The Bertz CT molecular complexity index is 1440. The molecule has 1 aromatic heterocycles. The van der Waals surface area contributed by atoms with Crippen molar-refractivity contribution in [2.75, 3.05) is 18.0 Å². The van der Waals surface area contributed by atoms with E-state index in [9.17, 15) is 13.2 Å². The Morgan fingerprint density at radius 1 is 0.946 bits per heavy atom. The van der Waals surface area contributed by atoms with Crippen LogP contribution in [-0.2, 0) is 16.6 Å². The van der Waals surface area contributed by atoms with Gasteiger partial charge in [-0.15, -0.1) is 0 Å². The molecule has 4 aromatic rings. The van der Waals surface area contributed by atoms with E-state index in [-0.39, 0.29) is 10.8 Å². The fraction of sp³-hybridized carbons (Fsp3) is 0.286. The van der Waals surface area contributed by atoms with Crippen LogP contribution in [0.5, 0.6) is 0 Å². The summed E-state index contributed by atoms with van der Waals surface area (Å²) >= 11 is 7.81. The maximum atomic E-state index is 13.8. The Labute approximate surface area is 227 Å². The zero-order valence-electron chi connectivity index (χ0n) is 21.1. The van der Waals surface area contributed by atoms with E-state index < -0.39 is 10.0 Å². The van der Waals surface area contributed by atoms with Crippen LogP contribution in [0.4, 0.5) is 5.13 Å². The van der Waals surface area contributed by atoms with Gasteiger partial charge in [-0.25, -0.2) is 13.4 Å². The highest BCUT2D eigenvalue weighted by Crippen LogP contribution is 2.36. The highest BCUT2D eigenvalue weighted by molar-refractivity contribution is 7.89. The van der Waals surface area contributed by atoms with Gasteiger partial charge in [0.15, 0.2) is 5.13 Å². The van der Waals surface area contributed by atoms with E-state index in [1.165, 1.54) is 27.8 Å². The van der Waals surface area contributed by atoms with Crippen molar-refractivity contribution in [2.45, 2.75) is 45.1 Å². The zero-order valence-corrected chi connectivity index (χ0v) is 23.5. The number of sulfonamides is 1. The zero-order chi connectivity index (χ0) is 26.6. The SMILES string of the molecule is CCCN(CCC)S(=O)(=O)c1ccc(C(=O)N(Cc2ccccc2)c2nc3c(C)ccc(Cl)c3s2)cc1. The lowest BCUT2D eigenvalue weighted by atomic mass is 10.1. The van der Waals surface area contributed by atoms with Gasteiger partial charge in [0, 0.05) is 18.7 Å². The van der Waals surface area contributed by atoms with Crippen molar-refractivity contribution in [1.29, 1.82) is 0 Å². The first-order chi connectivity index (χ1) is 17.8. The van der Waals surface area contributed by atoms with Gasteiger partial charge in [0.25, 0.3) is 5.91 Å². The van der Waals surface area contributed by atoms with E-state index in [4.69, 9.17) is 16.6 Å². The lowest BCUT2D eigenvalue weighted by Gasteiger charge is -2.22. The predicted octanol–water partition coefficient (Wildman–Crippen LogP) is 6.92. The molecule has 0 bridgehead atoms. The normalized spacial score (nSPS) is 11.8. The molecule has 6 nitrogen and oxygen atoms in total. The third kappa shape index (κ3) is 5.88. The van der Waals surface area contributed by atoms with Crippen LogP contribution in [0.2, 0.25) is 5.02 Å². The number of hydrogen-bond donors (Lipinski definition) is 0. The number of benzene rings is 3. The molecule has 0 unspecified atom stereocenters. The monoisotopic (exact) mass is 555 g/mol. The topological polar surface area (TPSA) is 70.6 Å². The largest absolute Gasteiger partial charge is 0.279 e. The summed E-state index contributed by atoms with van der Waals surface area (Å²) in [4.78, 5) is 20.4. The van der Waals surface area contributed by atoms with Crippen LogP contribution in [0, 0.1) is 6.92 Å². The molecule has 0 spiro atoms. The van der Waals surface area contributed by atoms with Gasteiger partial charge in [-0.05, 0) is 61.2 Å². The second-order valence-corrected chi connectivity index (χ2v) is 12.2. The number of hydrogen-bond acceptors (Lipinski definition) is 5. The van der Waals surface area contributed by atoms with Gasteiger partial charge in [0.2, 0.25) is 10.0 Å². The van der Waals surface area contributed by atoms with Crippen LogP contribution in [0.25, 0.3) is 10.2 Å². The van der Waals surface area contributed by atoms with E-state index in [1.54, 1.807) is 17.0 Å². The van der Waals surface area contributed by atoms with Crippen LogP contribution in [0.1, 0.15) is 48.2 Å². The first-order valence-electron chi connectivity index (χ1n) is 12.3. The molecule has 37 heavy (non-hydrogen) atoms. The highest BCUT2D eigenvalue weighted by atomic mass is 35.5. The van der Waals surface area contributed by atoms with Crippen LogP contribution in [-0.4, -0.2) is 36.7 Å². The molecular weight excluding hydrogens is 526 g/mol. The smallest absolute Gasteiger partial charge is 0.260 e. The van der Waals surface area contributed by atoms with Crippen molar-refractivity contribution < 1.29 is 13.2 Å². The molecule has 194 valence electrons. The number of thiazole rings is 1. The molecular formula is C28H30ClN3O3S2. The number of amides is 1. The van der Waals surface area contributed by atoms with E-state index in [1.807, 2.05) is 63.2 Å². The lowest BCUT2D eigenvalue weighted by molar-refractivity contribution is 0.0985. The molecule has 3 aromatic carbocycles. The minimum absolute atomic E-state index is 0.183. The molecule has 0 atom stereocenters. The molecule has 1 amide bonds. The molecule has 0 aliphatic carbocycles.